The smallest absolute Gasteiger partial charge is 0.137 e. The number of likely N-dealkylation sites (tertiary alicyclic amines) is 1. The minimum atomic E-state index is -0.491. The van der Waals surface area contributed by atoms with Gasteiger partial charge in [0, 0.05) is 31.4 Å². The molecule has 1 aliphatic rings. The molecule has 0 aliphatic carbocycles. The summed E-state index contributed by atoms with van der Waals surface area (Å²) < 4.78 is 1.90. The van der Waals surface area contributed by atoms with Gasteiger partial charge in [-0.15, -0.1) is 0 Å². The Labute approximate surface area is 158 Å². The second-order valence-electron chi connectivity index (χ2n) is 7.07. The molecule has 4 rings (SSSR count). The Morgan fingerprint density at radius 1 is 1.23 bits per heavy atom. The first-order valence-electron chi connectivity index (χ1n) is 9.03. The lowest BCUT2D eigenvalue weighted by atomic mass is 9.90. The maximum atomic E-state index is 10.6. The molecule has 1 fully saturated rings. The first kappa shape index (κ1) is 17.5. The molecule has 26 heavy (non-hydrogen) atoms. The summed E-state index contributed by atoms with van der Waals surface area (Å²) in [4.78, 5) is 11.4. The zero-order chi connectivity index (χ0) is 18.1. The first-order chi connectivity index (χ1) is 12.6. The average Bonchev–Trinajstić information content (AvgIpc) is 3.08. The lowest BCUT2D eigenvalue weighted by Crippen LogP contribution is -2.35. The molecule has 1 N–H and O–H groups in total. The van der Waals surface area contributed by atoms with Crippen LogP contribution in [0.4, 0.5) is 0 Å². The van der Waals surface area contributed by atoms with E-state index in [1.165, 1.54) is 0 Å². The van der Waals surface area contributed by atoms with Crippen LogP contribution >= 0.6 is 11.6 Å². The van der Waals surface area contributed by atoms with Gasteiger partial charge in [-0.3, -0.25) is 4.90 Å². The molecule has 136 valence electrons. The number of pyridine rings is 1. The number of para-hydroxylation sites is 1. The van der Waals surface area contributed by atoms with Gasteiger partial charge in [-0.1, -0.05) is 29.8 Å². The summed E-state index contributed by atoms with van der Waals surface area (Å²) in [6.07, 6.45) is 5.05. The molecule has 1 saturated heterocycles. The number of nitrogens with zero attached hydrogens (tertiary/aromatic N) is 4. The molecule has 1 aliphatic heterocycles. The van der Waals surface area contributed by atoms with Gasteiger partial charge in [0.1, 0.15) is 11.9 Å². The van der Waals surface area contributed by atoms with Crippen LogP contribution in [0.3, 0.4) is 0 Å². The number of piperidine rings is 1. The Morgan fingerprint density at radius 3 is 2.77 bits per heavy atom. The van der Waals surface area contributed by atoms with Crippen molar-refractivity contribution in [2.45, 2.75) is 25.5 Å². The summed E-state index contributed by atoms with van der Waals surface area (Å²) in [5, 5.41) is 12.4. The van der Waals surface area contributed by atoms with E-state index >= 15 is 0 Å². The van der Waals surface area contributed by atoms with Gasteiger partial charge in [0.2, 0.25) is 0 Å². The largest absolute Gasteiger partial charge is 0.385 e. The van der Waals surface area contributed by atoms with Crippen molar-refractivity contribution in [1.29, 1.82) is 0 Å². The Balaban J connectivity index is 1.39. The van der Waals surface area contributed by atoms with Crippen LogP contribution in [-0.4, -0.2) is 37.6 Å². The molecule has 6 heteroatoms. The van der Waals surface area contributed by atoms with Crippen molar-refractivity contribution < 1.29 is 5.11 Å². The lowest BCUT2D eigenvalue weighted by Gasteiger charge is -2.33. The van der Waals surface area contributed by atoms with E-state index in [9.17, 15) is 5.11 Å². The van der Waals surface area contributed by atoms with Crippen molar-refractivity contribution in [2.24, 2.45) is 13.0 Å². The number of hydrogen-bond acceptors (Lipinski definition) is 4. The summed E-state index contributed by atoms with van der Waals surface area (Å²) in [5.41, 5.74) is 1.90. The van der Waals surface area contributed by atoms with Gasteiger partial charge in [-0.2, -0.15) is 0 Å². The molecule has 1 aromatic carbocycles. The predicted molar refractivity (Wildman–Crippen MR) is 103 cm³/mol. The number of fused-ring (bicyclic) bond motifs is 1. The number of benzene rings is 1. The van der Waals surface area contributed by atoms with Gasteiger partial charge in [-0.05, 0) is 44.0 Å². The second-order valence-corrected chi connectivity index (χ2v) is 7.48. The maximum absolute atomic E-state index is 10.6. The predicted octanol–water partition coefficient (Wildman–Crippen LogP) is 3.57. The van der Waals surface area contributed by atoms with Crippen LogP contribution in [0.1, 0.15) is 30.5 Å². The number of halogens is 1. The highest BCUT2D eigenvalue weighted by Gasteiger charge is 2.28. The third kappa shape index (κ3) is 3.47. The van der Waals surface area contributed by atoms with E-state index in [2.05, 4.69) is 22.0 Å². The molecule has 5 nitrogen and oxygen atoms in total. The highest BCUT2D eigenvalue weighted by molar-refractivity contribution is 6.35. The lowest BCUT2D eigenvalue weighted by molar-refractivity contribution is 0.0489. The van der Waals surface area contributed by atoms with Crippen molar-refractivity contribution in [1.82, 2.24) is 19.4 Å². The zero-order valence-corrected chi connectivity index (χ0v) is 15.6. The van der Waals surface area contributed by atoms with Gasteiger partial charge in [0.25, 0.3) is 0 Å². The van der Waals surface area contributed by atoms with Crippen LogP contribution < -0.4 is 0 Å². The van der Waals surface area contributed by atoms with E-state index in [-0.39, 0.29) is 5.92 Å². The van der Waals surface area contributed by atoms with Crippen LogP contribution in [0.5, 0.6) is 0 Å². The van der Waals surface area contributed by atoms with Crippen LogP contribution in [0.25, 0.3) is 10.9 Å². The van der Waals surface area contributed by atoms with Gasteiger partial charge in [0.05, 0.1) is 16.2 Å². The molecule has 1 unspecified atom stereocenters. The molecule has 0 radical (unpaired) electrons. The van der Waals surface area contributed by atoms with E-state index in [1.807, 2.05) is 36.0 Å². The molecular formula is C20H23ClN4O. The van der Waals surface area contributed by atoms with Crippen molar-refractivity contribution in [2.75, 3.05) is 13.1 Å². The number of aliphatic hydroxyl groups is 1. The Hall–Kier alpha value is -1.95. The Bertz CT molecular complexity index is 902. The number of hydrogen-bond donors (Lipinski definition) is 1. The highest BCUT2D eigenvalue weighted by atomic mass is 35.5. The van der Waals surface area contributed by atoms with Crippen molar-refractivity contribution >= 4 is 22.5 Å². The van der Waals surface area contributed by atoms with Gasteiger partial charge in [-0.25, -0.2) is 9.97 Å². The van der Waals surface area contributed by atoms with Gasteiger partial charge in [0.15, 0.2) is 0 Å². The van der Waals surface area contributed by atoms with E-state index in [4.69, 9.17) is 16.6 Å². The molecule has 3 aromatic rings. The SMILES string of the molecule is Cn1ccnc1C(O)C1CCN(Cc2ccc3cccc(Cl)c3n2)CC1. The third-order valence-corrected chi connectivity index (χ3v) is 5.62. The summed E-state index contributed by atoms with van der Waals surface area (Å²) in [7, 11) is 1.93. The van der Waals surface area contributed by atoms with E-state index in [1.54, 1.807) is 6.20 Å². The standard InChI is InChI=1S/C20H23ClN4O/c1-24-12-9-22-20(24)19(26)15-7-10-25(11-8-15)13-16-6-5-14-3-2-4-17(21)18(14)23-16/h2-6,9,12,15,19,26H,7-8,10-11,13H2,1H3. The topological polar surface area (TPSA) is 54.2 Å². The van der Waals surface area contributed by atoms with Crippen LogP contribution in [0.15, 0.2) is 42.7 Å². The van der Waals surface area contributed by atoms with Crippen molar-refractivity contribution in [3.8, 4) is 0 Å². The summed E-state index contributed by atoms with van der Waals surface area (Å²) >= 11 is 6.28. The Kier molecular flexibility index (Phi) is 4.94. The number of aryl methyl sites for hydroxylation is 1. The number of imidazole rings is 1. The molecule has 3 heterocycles. The van der Waals surface area contributed by atoms with Gasteiger partial charge >= 0.3 is 0 Å². The van der Waals surface area contributed by atoms with Crippen LogP contribution in [-0.2, 0) is 13.6 Å². The monoisotopic (exact) mass is 370 g/mol. The fourth-order valence-corrected chi connectivity index (χ4v) is 3.99. The molecule has 0 amide bonds. The van der Waals surface area contributed by atoms with Crippen molar-refractivity contribution in [3.05, 3.63) is 59.3 Å². The fraction of sp³-hybridized carbons (Fsp3) is 0.400. The van der Waals surface area contributed by atoms with Crippen LogP contribution in [0, 0.1) is 5.92 Å². The third-order valence-electron chi connectivity index (χ3n) is 5.32. The zero-order valence-electron chi connectivity index (χ0n) is 14.8. The molecule has 2 aromatic heterocycles. The van der Waals surface area contributed by atoms with E-state index in [0.29, 0.717) is 5.02 Å². The van der Waals surface area contributed by atoms with E-state index < -0.39 is 6.10 Å². The minimum absolute atomic E-state index is 0.256. The normalized spacial score (nSPS) is 17.7. The highest BCUT2D eigenvalue weighted by Crippen LogP contribution is 2.30. The van der Waals surface area contributed by atoms with Gasteiger partial charge < -0.3 is 9.67 Å². The Morgan fingerprint density at radius 2 is 2.04 bits per heavy atom. The fourth-order valence-electron chi connectivity index (χ4n) is 3.77. The van der Waals surface area contributed by atoms with Crippen LogP contribution in [0.2, 0.25) is 5.02 Å². The number of rotatable bonds is 4. The molecule has 0 spiro atoms. The molecule has 0 saturated carbocycles. The maximum Gasteiger partial charge on any atom is 0.137 e. The second kappa shape index (κ2) is 7.35. The summed E-state index contributed by atoms with van der Waals surface area (Å²) in [6.45, 7) is 2.72. The number of aromatic nitrogens is 3. The molecule has 1 atom stereocenters. The van der Waals surface area contributed by atoms with E-state index in [0.717, 1.165) is 54.9 Å². The molecular weight excluding hydrogens is 348 g/mol. The average molecular weight is 371 g/mol. The summed E-state index contributed by atoms with van der Waals surface area (Å²) in [5.74, 6) is 1.01. The molecule has 0 bridgehead atoms. The summed E-state index contributed by atoms with van der Waals surface area (Å²) in [6, 6.07) is 10.0. The minimum Gasteiger partial charge on any atom is -0.385 e. The van der Waals surface area contributed by atoms with Crippen molar-refractivity contribution in [3.63, 3.8) is 0 Å². The quantitative estimate of drug-likeness (QED) is 0.762. The number of aliphatic hydroxyl groups excluding tert-OH is 1. The first-order valence-corrected chi connectivity index (χ1v) is 9.41.